The summed E-state index contributed by atoms with van der Waals surface area (Å²) in [7, 11) is -3.60. The molecule has 4 nitrogen and oxygen atoms in total. The summed E-state index contributed by atoms with van der Waals surface area (Å²) in [4.78, 5) is 11.4. The number of ketones is 1. The molecule has 1 rings (SSSR count). The Labute approximate surface area is 114 Å². The molecule has 7 heteroatoms. The van der Waals surface area contributed by atoms with Crippen LogP contribution in [-0.2, 0) is 14.8 Å². The van der Waals surface area contributed by atoms with Gasteiger partial charge in [0, 0.05) is 6.42 Å². The minimum atomic E-state index is -3.60. The Morgan fingerprint density at radius 2 is 2.18 bits per heavy atom. The lowest BCUT2D eigenvalue weighted by Crippen LogP contribution is -2.37. The molecule has 17 heavy (non-hydrogen) atoms. The third-order valence-electron chi connectivity index (χ3n) is 2.26. The average Bonchev–Trinajstić information content (AvgIpc) is 2.58. The molecule has 0 fully saturated rings. The number of Topliss-reactive ketones (excluding diaryl/α,β-unsaturated/α-hetero) is 1. The lowest BCUT2D eigenvalue weighted by Gasteiger charge is -2.10. The standard InChI is InChI=1S/C10H14BrNO3S2/c1-4-8(13)7(3)12-17(14,15)9-5-6(2)10(11)16-9/h5,7,12H,4H2,1-3H3. The molecule has 1 atom stereocenters. The highest BCUT2D eigenvalue weighted by Gasteiger charge is 2.23. The highest BCUT2D eigenvalue weighted by atomic mass is 79.9. The molecule has 0 aromatic carbocycles. The zero-order chi connectivity index (χ0) is 13.2. The second-order valence-electron chi connectivity index (χ2n) is 3.68. The van der Waals surface area contributed by atoms with Gasteiger partial charge in [0.1, 0.15) is 9.99 Å². The molecular weight excluding hydrogens is 326 g/mol. The lowest BCUT2D eigenvalue weighted by atomic mass is 10.2. The third kappa shape index (κ3) is 3.61. The van der Waals surface area contributed by atoms with Crippen molar-refractivity contribution in [3.8, 4) is 0 Å². The molecule has 0 radical (unpaired) electrons. The highest BCUT2D eigenvalue weighted by molar-refractivity contribution is 9.11. The van der Waals surface area contributed by atoms with Crippen molar-refractivity contribution in [3.63, 3.8) is 0 Å². The van der Waals surface area contributed by atoms with Gasteiger partial charge in [0.2, 0.25) is 0 Å². The van der Waals surface area contributed by atoms with Crippen molar-refractivity contribution in [2.45, 2.75) is 37.4 Å². The number of carbonyl (C=O) groups excluding carboxylic acids is 1. The van der Waals surface area contributed by atoms with E-state index in [9.17, 15) is 13.2 Å². The van der Waals surface area contributed by atoms with Gasteiger partial charge in [0.05, 0.1) is 9.83 Å². The Kier molecular flexibility index (Phi) is 4.88. The Hall–Kier alpha value is -0.240. The SMILES string of the molecule is CCC(=O)C(C)NS(=O)(=O)c1cc(C)c(Br)s1. The Bertz CT molecular complexity index is 502. The van der Waals surface area contributed by atoms with Crippen LogP contribution in [0.25, 0.3) is 0 Å². The maximum absolute atomic E-state index is 12.0. The first-order chi connectivity index (χ1) is 7.77. The number of thiophene rings is 1. The lowest BCUT2D eigenvalue weighted by molar-refractivity contribution is -0.119. The first kappa shape index (κ1) is 14.8. The van der Waals surface area contributed by atoms with Crippen molar-refractivity contribution in [1.29, 1.82) is 0 Å². The van der Waals surface area contributed by atoms with E-state index in [-0.39, 0.29) is 9.99 Å². The van der Waals surface area contributed by atoms with Gasteiger partial charge in [-0.05, 0) is 41.4 Å². The number of sulfonamides is 1. The zero-order valence-electron chi connectivity index (χ0n) is 9.78. The summed E-state index contributed by atoms with van der Waals surface area (Å²) < 4.78 is 27.3. The maximum atomic E-state index is 12.0. The van der Waals surface area contributed by atoms with Gasteiger partial charge in [-0.1, -0.05) is 6.92 Å². The number of aryl methyl sites for hydroxylation is 1. The third-order valence-corrected chi connectivity index (χ3v) is 6.41. The number of nitrogens with one attached hydrogen (secondary N) is 1. The monoisotopic (exact) mass is 339 g/mol. The molecule has 0 aliphatic carbocycles. The first-order valence-electron chi connectivity index (χ1n) is 5.09. The minimum Gasteiger partial charge on any atom is -0.298 e. The van der Waals surface area contributed by atoms with Gasteiger partial charge in [-0.25, -0.2) is 13.1 Å². The Balaban J connectivity index is 2.93. The van der Waals surface area contributed by atoms with E-state index in [1.807, 2.05) is 6.92 Å². The summed E-state index contributed by atoms with van der Waals surface area (Å²) in [5.74, 6) is -0.124. The molecule has 1 N–H and O–H groups in total. The van der Waals surface area contributed by atoms with E-state index in [0.717, 1.165) is 20.7 Å². The molecule has 1 heterocycles. The molecule has 0 aliphatic heterocycles. The molecule has 1 aromatic heterocycles. The quantitative estimate of drug-likeness (QED) is 0.896. The van der Waals surface area contributed by atoms with Gasteiger partial charge < -0.3 is 0 Å². The largest absolute Gasteiger partial charge is 0.298 e. The molecule has 0 aliphatic rings. The van der Waals surface area contributed by atoms with Crippen LogP contribution in [0.4, 0.5) is 0 Å². The van der Waals surface area contributed by atoms with Crippen molar-refractivity contribution < 1.29 is 13.2 Å². The van der Waals surface area contributed by atoms with Gasteiger partial charge in [0.25, 0.3) is 10.0 Å². The molecule has 1 aromatic rings. The maximum Gasteiger partial charge on any atom is 0.250 e. The van der Waals surface area contributed by atoms with Gasteiger partial charge in [-0.2, -0.15) is 0 Å². The normalized spacial score (nSPS) is 13.6. The average molecular weight is 340 g/mol. The van der Waals surface area contributed by atoms with Gasteiger partial charge in [0.15, 0.2) is 0 Å². The molecular formula is C10H14BrNO3S2. The predicted octanol–water partition coefficient (Wildman–Crippen LogP) is 2.46. The van der Waals surface area contributed by atoms with E-state index in [1.54, 1.807) is 19.9 Å². The molecule has 96 valence electrons. The van der Waals surface area contributed by atoms with Crippen LogP contribution in [0, 0.1) is 6.92 Å². The minimum absolute atomic E-state index is 0.124. The molecule has 0 amide bonds. The van der Waals surface area contributed by atoms with Gasteiger partial charge >= 0.3 is 0 Å². The smallest absolute Gasteiger partial charge is 0.250 e. The Morgan fingerprint density at radius 3 is 2.59 bits per heavy atom. The van der Waals surface area contributed by atoms with E-state index in [1.165, 1.54) is 0 Å². The van der Waals surface area contributed by atoms with Crippen LogP contribution in [0.3, 0.4) is 0 Å². The van der Waals surface area contributed by atoms with Crippen LogP contribution < -0.4 is 4.72 Å². The molecule has 0 bridgehead atoms. The zero-order valence-corrected chi connectivity index (χ0v) is 13.0. The topological polar surface area (TPSA) is 63.2 Å². The van der Waals surface area contributed by atoms with Crippen LogP contribution in [-0.4, -0.2) is 20.2 Å². The molecule has 0 spiro atoms. The van der Waals surface area contributed by atoms with Crippen LogP contribution in [0.2, 0.25) is 0 Å². The predicted molar refractivity (Wildman–Crippen MR) is 71.8 cm³/mol. The van der Waals surface area contributed by atoms with Crippen molar-refractivity contribution in [1.82, 2.24) is 4.72 Å². The summed E-state index contributed by atoms with van der Waals surface area (Å²) in [5.41, 5.74) is 0.866. The van der Waals surface area contributed by atoms with E-state index in [2.05, 4.69) is 20.7 Å². The number of carbonyl (C=O) groups is 1. The second-order valence-corrected chi connectivity index (χ2v) is 8.00. The van der Waals surface area contributed by atoms with Crippen LogP contribution in [0.1, 0.15) is 25.8 Å². The summed E-state index contributed by atoms with van der Waals surface area (Å²) in [5, 5.41) is 0. The number of rotatable bonds is 5. The van der Waals surface area contributed by atoms with Gasteiger partial charge in [-0.3, -0.25) is 4.79 Å². The van der Waals surface area contributed by atoms with Gasteiger partial charge in [-0.15, -0.1) is 11.3 Å². The van der Waals surface area contributed by atoms with E-state index in [4.69, 9.17) is 0 Å². The molecule has 0 saturated heterocycles. The summed E-state index contributed by atoms with van der Waals surface area (Å²) in [6.07, 6.45) is 0.316. The van der Waals surface area contributed by atoms with Crippen molar-refractivity contribution in [3.05, 3.63) is 15.4 Å². The van der Waals surface area contributed by atoms with Crippen molar-refractivity contribution >= 4 is 43.1 Å². The fourth-order valence-electron chi connectivity index (χ4n) is 1.23. The Morgan fingerprint density at radius 1 is 1.59 bits per heavy atom. The van der Waals surface area contributed by atoms with Crippen LogP contribution in [0.15, 0.2) is 14.1 Å². The van der Waals surface area contributed by atoms with Crippen molar-refractivity contribution in [2.24, 2.45) is 0 Å². The first-order valence-corrected chi connectivity index (χ1v) is 8.18. The number of hydrogen-bond acceptors (Lipinski definition) is 4. The second kappa shape index (κ2) is 5.60. The van der Waals surface area contributed by atoms with E-state index in [0.29, 0.717) is 6.42 Å². The summed E-state index contributed by atoms with van der Waals surface area (Å²) in [6, 6.07) is 0.895. The fraction of sp³-hybridized carbons (Fsp3) is 0.500. The number of halogens is 1. The number of hydrogen-bond donors (Lipinski definition) is 1. The van der Waals surface area contributed by atoms with E-state index < -0.39 is 16.1 Å². The molecule has 0 saturated carbocycles. The van der Waals surface area contributed by atoms with Crippen LogP contribution in [0.5, 0.6) is 0 Å². The summed E-state index contributed by atoms with van der Waals surface area (Å²) in [6.45, 7) is 5.08. The van der Waals surface area contributed by atoms with E-state index >= 15 is 0 Å². The van der Waals surface area contributed by atoms with Crippen LogP contribution >= 0.6 is 27.3 Å². The summed E-state index contributed by atoms with van der Waals surface area (Å²) >= 11 is 4.41. The van der Waals surface area contributed by atoms with Crippen molar-refractivity contribution in [2.75, 3.05) is 0 Å². The fourth-order valence-corrected chi connectivity index (χ4v) is 4.70. The molecule has 1 unspecified atom stereocenters. The highest BCUT2D eigenvalue weighted by Crippen LogP contribution is 2.30.